The second-order valence-electron chi connectivity index (χ2n) is 4.10. The van der Waals surface area contributed by atoms with Crippen LogP contribution in [0, 0.1) is 0 Å². The molecule has 1 rings (SSSR count). The third kappa shape index (κ3) is 3.22. The number of alkyl halides is 1. The minimum atomic E-state index is -0.572. The Morgan fingerprint density at radius 3 is 2.00 bits per heavy atom. The summed E-state index contributed by atoms with van der Waals surface area (Å²) in [7, 11) is 0. The summed E-state index contributed by atoms with van der Waals surface area (Å²) in [4.78, 5) is 0. The number of benzene rings is 1. The van der Waals surface area contributed by atoms with E-state index in [2.05, 4.69) is 26.0 Å². The average Bonchev–Trinajstić information content (AvgIpc) is 2.27. The van der Waals surface area contributed by atoms with Gasteiger partial charge in [-0.05, 0) is 30.4 Å². The Bertz CT molecular complexity index is 292. The summed E-state index contributed by atoms with van der Waals surface area (Å²) in [6.45, 7) is 6.18. The summed E-state index contributed by atoms with van der Waals surface area (Å²) >= 11 is 5.84. The van der Waals surface area contributed by atoms with Crippen LogP contribution >= 0.6 is 11.6 Å². The Hall–Kier alpha value is -0.530. The molecule has 1 aromatic rings. The van der Waals surface area contributed by atoms with E-state index < -0.39 is 6.10 Å². The summed E-state index contributed by atoms with van der Waals surface area (Å²) in [6, 6.07) is 8.08. The maximum absolute atomic E-state index is 9.75. The number of halogens is 1. The lowest BCUT2D eigenvalue weighted by Gasteiger charge is -2.15. The van der Waals surface area contributed by atoms with Crippen molar-refractivity contribution in [2.45, 2.75) is 44.6 Å². The Kier molecular flexibility index (Phi) is 4.62. The molecule has 0 aliphatic heterocycles. The van der Waals surface area contributed by atoms with E-state index in [-0.39, 0.29) is 5.38 Å². The number of rotatable bonds is 4. The van der Waals surface area contributed by atoms with Gasteiger partial charge in [0.25, 0.3) is 0 Å². The Balaban J connectivity index is 2.80. The fourth-order valence-corrected chi connectivity index (χ4v) is 1.67. The molecular weight excluding hydrogens is 208 g/mol. The Morgan fingerprint density at radius 1 is 1.13 bits per heavy atom. The van der Waals surface area contributed by atoms with Crippen LogP contribution in [0.5, 0.6) is 0 Å². The van der Waals surface area contributed by atoms with E-state index in [4.69, 9.17) is 11.6 Å². The number of hydrogen-bond acceptors (Lipinski definition) is 1. The lowest BCUT2D eigenvalue weighted by atomic mass is 9.96. The molecule has 3 atom stereocenters. The molecule has 0 fully saturated rings. The van der Waals surface area contributed by atoms with Crippen LogP contribution in [0.15, 0.2) is 24.3 Å². The van der Waals surface area contributed by atoms with Crippen molar-refractivity contribution in [2.75, 3.05) is 0 Å². The van der Waals surface area contributed by atoms with Crippen molar-refractivity contribution < 1.29 is 5.11 Å². The zero-order chi connectivity index (χ0) is 11.4. The van der Waals surface area contributed by atoms with Crippen molar-refractivity contribution in [3.05, 3.63) is 35.4 Å². The van der Waals surface area contributed by atoms with Crippen molar-refractivity contribution >= 4 is 11.6 Å². The summed E-state index contributed by atoms with van der Waals surface area (Å²) in [5, 5.41) is 9.50. The van der Waals surface area contributed by atoms with Crippen LogP contribution in [-0.2, 0) is 0 Å². The first-order valence-corrected chi connectivity index (χ1v) is 5.91. The zero-order valence-corrected chi connectivity index (χ0v) is 10.3. The van der Waals surface area contributed by atoms with Crippen molar-refractivity contribution in [1.29, 1.82) is 0 Å². The first kappa shape index (κ1) is 12.5. The molecule has 1 N–H and O–H groups in total. The third-order valence-corrected chi connectivity index (χ3v) is 3.13. The van der Waals surface area contributed by atoms with Crippen molar-refractivity contribution in [3.8, 4) is 0 Å². The van der Waals surface area contributed by atoms with E-state index in [1.165, 1.54) is 5.56 Å². The summed E-state index contributed by atoms with van der Waals surface area (Å²) in [5.41, 5.74) is 2.21. The lowest BCUT2D eigenvalue weighted by molar-refractivity contribution is 0.177. The average molecular weight is 227 g/mol. The fourth-order valence-electron chi connectivity index (χ4n) is 1.52. The molecule has 1 aromatic carbocycles. The molecule has 0 saturated carbocycles. The van der Waals surface area contributed by atoms with Crippen LogP contribution in [0.2, 0.25) is 0 Å². The van der Waals surface area contributed by atoms with Gasteiger partial charge in [0.1, 0.15) is 0 Å². The maximum Gasteiger partial charge on any atom is 0.0950 e. The van der Waals surface area contributed by atoms with Gasteiger partial charge >= 0.3 is 0 Å². The summed E-state index contributed by atoms with van der Waals surface area (Å²) < 4.78 is 0. The van der Waals surface area contributed by atoms with Crippen molar-refractivity contribution in [2.24, 2.45) is 0 Å². The van der Waals surface area contributed by atoms with E-state index in [1.54, 1.807) is 6.92 Å². The fraction of sp³-hybridized carbons (Fsp3) is 0.538. The van der Waals surface area contributed by atoms with Crippen LogP contribution in [0.4, 0.5) is 0 Å². The van der Waals surface area contributed by atoms with Gasteiger partial charge in [-0.2, -0.15) is 0 Å². The molecule has 0 amide bonds. The molecule has 0 aliphatic rings. The molecular formula is C13H19ClO. The maximum atomic E-state index is 9.75. The highest BCUT2D eigenvalue weighted by Gasteiger charge is 2.13. The smallest absolute Gasteiger partial charge is 0.0950 e. The van der Waals surface area contributed by atoms with Crippen LogP contribution in [0.3, 0.4) is 0 Å². The van der Waals surface area contributed by atoms with Gasteiger partial charge in [0, 0.05) is 0 Å². The number of aliphatic hydroxyl groups excluding tert-OH is 1. The van der Waals surface area contributed by atoms with E-state index in [1.807, 2.05) is 12.1 Å². The van der Waals surface area contributed by atoms with Gasteiger partial charge in [0.15, 0.2) is 0 Å². The van der Waals surface area contributed by atoms with E-state index >= 15 is 0 Å². The molecule has 2 heteroatoms. The van der Waals surface area contributed by atoms with Crippen LogP contribution in [0.25, 0.3) is 0 Å². The molecule has 84 valence electrons. The molecule has 15 heavy (non-hydrogen) atoms. The first-order chi connectivity index (χ1) is 7.06. The highest BCUT2D eigenvalue weighted by Crippen LogP contribution is 2.24. The first-order valence-electron chi connectivity index (χ1n) is 5.48. The van der Waals surface area contributed by atoms with Gasteiger partial charge in [-0.15, -0.1) is 11.6 Å². The van der Waals surface area contributed by atoms with E-state index in [0.29, 0.717) is 5.92 Å². The SMILES string of the molecule is CCC(C)c1ccc(C(O)C(C)Cl)cc1. The molecule has 0 bridgehead atoms. The van der Waals surface area contributed by atoms with Gasteiger partial charge in [0.2, 0.25) is 0 Å². The minimum absolute atomic E-state index is 0.251. The standard InChI is InChI=1S/C13H19ClO/c1-4-9(2)11-5-7-12(8-6-11)13(15)10(3)14/h5-10,13,15H,4H2,1-3H3. The van der Waals surface area contributed by atoms with Gasteiger partial charge in [-0.25, -0.2) is 0 Å². The molecule has 1 nitrogen and oxygen atoms in total. The zero-order valence-electron chi connectivity index (χ0n) is 9.57. The van der Waals surface area contributed by atoms with Crippen LogP contribution < -0.4 is 0 Å². The second kappa shape index (κ2) is 5.53. The predicted molar refractivity (Wildman–Crippen MR) is 65.4 cm³/mol. The molecule has 3 unspecified atom stereocenters. The van der Waals surface area contributed by atoms with Crippen LogP contribution in [0.1, 0.15) is 50.3 Å². The van der Waals surface area contributed by atoms with Crippen molar-refractivity contribution in [1.82, 2.24) is 0 Å². The topological polar surface area (TPSA) is 20.2 Å². The normalized spacial score (nSPS) is 17.1. The molecule has 0 heterocycles. The monoisotopic (exact) mass is 226 g/mol. The van der Waals surface area contributed by atoms with Crippen LogP contribution in [-0.4, -0.2) is 10.5 Å². The largest absolute Gasteiger partial charge is 0.387 e. The second-order valence-corrected chi connectivity index (χ2v) is 4.79. The van der Waals surface area contributed by atoms with Gasteiger partial charge < -0.3 is 5.11 Å². The number of aliphatic hydroxyl groups is 1. The quantitative estimate of drug-likeness (QED) is 0.773. The summed E-state index contributed by atoms with van der Waals surface area (Å²) in [5.74, 6) is 0.574. The van der Waals surface area contributed by atoms with E-state index in [0.717, 1.165) is 12.0 Å². The third-order valence-electron chi connectivity index (χ3n) is 2.89. The number of hydrogen-bond donors (Lipinski definition) is 1. The highest BCUT2D eigenvalue weighted by molar-refractivity contribution is 6.20. The van der Waals surface area contributed by atoms with Gasteiger partial charge in [0.05, 0.1) is 11.5 Å². The molecule has 0 radical (unpaired) electrons. The minimum Gasteiger partial charge on any atom is -0.387 e. The van der Waals surface area contributed by atoms with Crippen molar-refractivity contribution in [3.63, 3.8) is 0 Å². The Labute approximate surface area is 97.1 Å². The lowest BCUT2D eigenvalue weighted by Crippen LogP contribution is -2.08. The Morgan fingerprint density at radius 2 is 1.60 bits per heavy atom. The molecule has 0 aliphatic carbocycles. The predicted octanol–water partition coefficient (Wildman–Crippen LogP) is 3.86. The van der Waals surface area contributed by atoms with E-state index in [9.17, 15) is 5.11 Å². The van der Waals surface area contributed by atoms with Gasteiger partial charge in [-0.1, -0.05) is 38.1 Å². The molecule has 0 saturated heterocycles. The molecule has 0 aromatic heterocycles. The molecule has 0 spiro atoms. The highest BCUT2D eigenvalue weighted by atomic mass is 35.5. The van der Waals surface area contributed by atoms with Gasteiger partial charge in [-0.3, -0.25) is 0 Å². The summed E-state index contributed by atoms with van der Waals surface area (Å²) in [6.07, 6.45) is 0.561.